The number of para-hydroxylation sites is 1. The molecular weight excluding hydrogens is 412 g/mol. The molecule has 0 aliphatic heterocycles. The van der Waals surface area contributed by atoms with E-state index >= 15 is 0 Å². The Morgan fingerprint density at radius 1 is 0.875 bits per heavy atom. The summed E-state index contributed by atoms with van der Waals surface area (Å²) in [6, 6.07) is 11.3. The predicted molar refractivity (Wildman–Crippen MR) is 118 cm³/mol. The first-order chi connectivity index (χ1) is 15.2. The molecule has 1 heterocycles. The average Bonchev–Trinajstić information content (AvgIpc) is 3.17. The highest BCUT2D eigenvalue weighted by molar-refractivity contribution is 5.91. The summed E-state index contributed by atoms with van der Waals surface area (Å²) in [5.41, 5.74) is 19.8. The van der Waals surface area contributed by atoms with Gasteiger partial charge in [0, 0.05) is 23.5 Å². The van der Waals surface area contributed by atoms with E-state index in [2.05, 4.69) is 4.98 Å². The molecule has 2 aromatic carbocycles. The van der Waals surface area contributed by atoms with Crippen LogP contribution in [0.3, 0.4) is 0 Å². The summed E-state index contributed by atoms with van der Waals surface area (Å²) >= 11 is 0. The first kappa shape index (κ1) is 23.1. The van der Waals surface area contributed by atoms with Crippen LogP contribution in [0.2, 0.25) is 0 Å². The number of H-pyrrole nitrogens is 1. The minimum atomic E-state index is -1.06. The van der Waals surface area contributed by atoms with Crippen molar-refractivity contribution in [3.63, 3.8) is 0 Å². The highest BCUT2D eigenvalue weighted by Crippen LogP contribution is 2.19. The van der Waals surface area contributed by atoms with Crippen molar-refractivity contribution < 1.29 is 23.9 Å². The number of fused-ring (bicyclic) bond motifs is 1. The lowest BCUT2D eigenvalue weighted by molar-refractivity contribution is -0.161. The summed E-state index contributed by atoms with van der Waals surface area (Å²) in [6.07, 6.45) is 2.12. The number of nitrogens with one attached hydrogen (secondary N) is 1. The minimum Gasteiger partial charge on any atom is -0.425 e. The number of hydrogen-bond donors (Lipinski definition) is 4. The van der Waals surface area contributed by atoms with Gasteiger partial charge in [-0.3, -0.25) is 0 Å². The molecule has 0 aliphatic rings. The summed E-state index contributed by atoms with van der Waals surface area (Å²) in [7, 11) is 0. The van der Waals surface area contributed by atoms with Gasteiger partial charge >= 0.3 is 17.9 Å². The van der Waals surface area contributed by atoms with E-state index in [1.54, 1.807) is 30.5 Å². The van der Waals surface area contributed by atoms with Crippen molar-refractivity contribution in [1.29, 1.82) is 0 Å². The minimum absolute atomic E-state index is 0.130. The van der Waals surface area contributed by atoms with E-state index in [1.165, 1.54) is 6.92 Å². The van der Waals surface area contributed by atoms with Gasteiger partial charge in [-0.2, -0.15) is 0 Å². The first-order valence-corrected chi connectivity index (χ1v) is 10.1. The lowest BCUT2D eigenvalue weighted by Crippen LogP contribution is -2.41. The van der Waals surface area contributed by atoms with Crippen molar-refractivity contribution in [2.24, 2.45) is 17.2 Å². The molecule has 3 aromatic rings. The molecule has 0 amide bonds. The van der Waals surface area contributed by atoms with Gasteiger partial charge < -0.3 is 31.7 Å². The standard InChI is InChI=1S/C23H26N4O5/c1-13(24)21(28)31-16-8-6-14(7-9-16)10-18(25)22(29)32-23(30)19(26)11-15-12-27-20-5-3-2-4-17(15)20/h2-9,12-13,18-19,27H,10-11,24-26H2,1H3/t13-,18-,19-/m0/s1. The van der Waals surface area contributed by atoms with Crippen LogP contribution in [0.25, 0.3) is 10.9 Å². The smallest absolute Gasteiger partial charge is 0.330 e. The van der Waals surface area contributed by atoms with Crippen molar-refractivity contribution in [2.75, 3.05) is 0 Å². The first-order valence-electron chi connectivity index (χ1n) is 10.1. The molecule has 0 aliphatic carbocycles. The van der Waals surface area contributed by atoms with Crippen LogP contribution in [-0.2, 0) is 32.0 Å². The van der Waals surface area contributed by atoms with E-state index in [-0.39, 0.29) is 12.8 Å². The van der Waals surface area contributed by atoms with Crippen molar-refractivity contribution in [1.82, 2.24) is 4.98 Å². The molecule has 0 spiro atoms. The second kappa shape index (κ2) is 10.2. The molecule has 1 aromatic heterocycles. The lowest BCUT2D eigenvalue weighted by Gasteiger charge is -2.14. The molecule has 0 saturated heterocycles. The zero-order valence-electron chi connectivity index (χ0n) is 17.6. The predicted octanol–water partition coefficient (Wildman–Crippen LogP) is 0.930. The Morgan fingerprint density at radius 3 is 2.16 bits per heavy atom. The van der Waals surface area contributed by atoms with Gasteiger partial charge in [0.15, 0.2) is 0 Å². The molecule has 0 bridgehead atoms. The van der Waals surface area contributed by atoms with E-state index in [4.69, 9.17) is 26.7 Å². The number of hydrogen-bond acceptors (Lipinski definition) is 8. The van der Waals surface area contributed by atoms with Crippen LogP contribution in [0.15, 0.2) is 54.7 Å². The highest BCUT2D eigenvalue weighted by atomic mass is 16.6. The van der Waals surface area contributed by atoms with Gasteiger partial charge in [0.05, 0.1) is 0 Å². The molecular formula is C23H26N4O5. The number of esters is 3. The second-order valence-electron chi connectivity index (χ2n) is 7.57. The van der Waals surface area contributed by atoms with Gasteiger partial charge in [0.1, 0.15) is 23.9 Å². The topological polar surface area (TPSA) is 164 Å². The zero-order valence-corrected chi connectivity index (χ0v) is 17.6. The van der Waals surface area contributed by atoms with Crippen molar-refractivity contribution in [3.8, 4) is 5.75 Å². The Morgan fingerprint density at radius 2 is 1.50 bits per heavy atom. The molecule has 3 rings (SSSR count). The van der Waals surface area contributed by atoms with E-state index in [0.29, 0.717) is 11.3 Å². The van der Waals surface area contributed by atoms with E-state index in [1.807, 2.05) is 24.3 Å². The maximum Gasteiger partial charge on any atom is 0.330 e. The van der Waals surface area contributed by atoms with Gasteiger partial charge in [-0.05, 0) is 42.7 Å². The quantitative estimate of drug-likeness (QED) is 0.229. The van der Waals surface area contributed by atoms with Gasteiger partial charge in [-0.15, -0.1) is 0 Å². The van der Waals surface area contributed by atoms with Gasteiger partial charge in [-0.1, -0.05) is 30.3 Å². The van der Waals surface area contributed by atoms with Crippen LogP contribution < -0.4 is 21.9 Å². The third-order valence-electron chi connectivity index (χ3n) is 4.89. The lowest BCUT2D eigenvalue weighted by atomic mass is 10.1. The molecule has 9 nitrogen and oxygen atoms in total. The molecule has 32 heavy (non-hydrogen) atoms. The SMILES string of the molecule is C[C@H](N)C(=O)Oc1ccc(C[C@H](N)C(=O)OC(=O)[C@@H](N)Cc2c[nH]c3ccccc23)cc1. The van der Waals surface area contributed by atoms with E-state index in [0.717, 1.165) is 16.5 Å². The number of aromatic amines is 1. The Kier molecular flexibility index (Phi) is 7.37. The number of aromatic nitrogens is 1. The van der Waals surface area contributed by atoms with Gasteiger partial charge in [0.25, 0.3) is 0 Å². The largest absolute Gasteiger partial charge is 0.425 e. The van der Waals surface area contributed by atoms with Gasteiger partial charge in [0.2, 0.25) is 0 Å². The van der Waals surface area contributed by atoms with Gasteiger partial charge in [-0.25, -0.2) is 14.4 Å². The third-order valence-corrected chi connectivity index (χ3v) is 4.89. The van der Waals surface area contributed by atoms with Crippen molar-refractivity contribution in [2.45, 2.75) is 37.9 Å². The van der Waals surface area contributed by atoms with E-state index in [9.17, 15) is 14.4 Å². The molecule has 0 radical (unpaired) electrons. The molecule has 0 fully saturated rings. The Balaban J connectivity index is 1.52. The third kappa shape index (κ3) is 5.79. The maximum atomic E-state index is 12.3. The van der Waals surface area contributed by atoms with Crippen LogP contribution >= 0.6 is 0 Å². The highest BCUT2D eigenvalue weighted by Gasteiger charge is 2.24. The number of ether oxygens (including phenoxy) is 2. The van der Waals surface area contributed by atoms with Crippen LogP contribution in [0.4, 0.5) is 0 Å². The molecule has 3 atom stereocenters. The van der Waals surface area contributed by atoms with Crippen molar-refractivity contribution in [3.05, 3.63) is 65.9 Å². The monoisotopic (exact) mass is 438 g/mol. The van der Waals surface area contributed by atoms with Crippen molar-refractivity contribution >= 4 is 28.8 Å². The average molecular weight is 438 g/mol. The summed E-state index contributed by atoms with van der Waals surface area (Å²) in [4.78, 5) is 39.2. The number of carbonyl (C=O) groups is 3. The number of nitrogens with two attached hydrogens (primary N) is 3. The Bertz CT molecular complexity index is 1110. The number of rotatable bonds is 8. The number of carbonyl (C=O) groups excluding carboxylic acids is 3. The maximum absolute atomic E-state index is 12.3. The molecule has 7 N–H and O–H groups in total. The Hall–Kier alpha value is -3.53. The molecule has 0 unspecified atom stereocenters. The van der Waals surface area contributed by atoms with E-state index < -0.39 is 36.0 Å². The summed E-state index contributed by atoms with van der Waals surface area (Å²) in [5, 5.41) is 0.953. The number of benzene rings is 2. The fourth-order valence-corrected chi connectivity index (χ4v) is 3.11. The summed E-state index contributed by atoms with van der Waals surface area (Å²) < 4.78 is 9.97. The zero-order chi connectivity index (χ0) is 23.3. The van der Waals surface area contributed by atoms with Crippen LogP contribution in [0.5, 0.6) is 5.75 Å². The fourth-order valence-electron chi connectivity index (χ4n) is 3.11. The summed E-state index contributed by atoms with van der Waals surface area (Å²) in [5.74, 6) is -1.93. The molecule has 9 heteroatoms. The fraction of sp³-hybridized carbons (Fsp3) is 0.261. The Labute approximate surface area is 184 Å². The second-order valence-corrected chi connectivity index (χ2v) is 7.57. The normalized spacial score (nSPS) is 13.9. The van der Waals surface area contributed by atoms with Crippen LogP contribution in [0, 0.1) is 0 Å². The molecule has 168 valence electrons. The van der Waals surface area contributed by atoms with Crippen LogP contribution in [-0.4, -0.2) is 41.0 Å². The molecule has 0 saturated carbocycles. The summed E-state index contributed by atoms with van der Waals surface area (Å²) in [6.45, 7) is 1.52. The van der Waals surface area contributed by atoms with Crippen LogP contribution in [0.1, 0.15) is 18.1 Å².